The minimum Gasteiger partial charge on any atom is -0.526 e. The number of alkyl halides is 6. The summed E-state index contributed by atoms with van der Waals surface area (Å²) in [5.41, 5.74) is -2.46. The van der Waals surface area contributed by atoms with E-state index in [0.717, 1.165) is 0 Å². The van der Waals surface area contributed by atoms with Gasteiger partial charge in [-0.25, -0.2) is 8.78 Å². The molecular formula is C14H7BF8O2. The summed E-state index contributed by atoms with van der Waals surface area (Å²) in [5.74, 6) is -3.85. The van der Waals surface area contributed by atoms with Crippen molar-refractivity contribution in [3.63, 3.8) is 0 Å². The summed E-state index contributed by atoms with van der Waals surface area (Å²) < 4.78 is 111. The standard InChI is InChI=1S/C14H7BF8O2/c16-9-5-7(13(18,19)20)1-3-11(9)24-15-25-12-4-2-8(6-10(12)17)14(21,22)23/h1-6,15H. The van der Waals surface area contributed by atoms with Crippen LogP contribution < -0.4 is 9.31 Å². The van der Waals surface area contributed by atoms with E-state index in [2.05, 4.69) is 0 Å². The number of halogens is 8. The monoisotopic (exact) mass is 370 g/mol. The van der Waals surface area contributed by atoms with E-state index < -0.39 is 54.3 Å². The van der Waals surface area contributed by atoms with Crippen molar-refractivity contribution in [2.75, 3.05) is 0 Å². The molecule has 11 heteroatoms. The topological polar surface area (TPSA) is 18.5 Å². The first-order valence-electron chi connectivity index (χ1n) is 6.47. The fourth-order valence-corrected chi connectivity index (χ4v) is 1.74. The molecule has 0 fully saturated rings. The fourth-order valence-electron chi connectivity index (χ4n) is 1.74. The van der Waals surface area contributed by atoms with Gasteiger partial charge in [-0.15, -0.1) is 0 Å². The highest BCUT2D eigenvalue weighted by molar-refractivity contribution is 6.20. The molecule has 2 nitrogen and oxygen atoms in total. The largest absolute Gasteiger partial charge is 0.576 e. The predicted octanol–water partition coefficient (Wildman–Crippen LogP) is 4.73. The Morgan fingerprint density at radius 2 is 1.00 bits per heavy atom. The van der Waals surface area contributed by atoms with Gasteiger partial charge in [-0.2, -0.15) is 26.3 Å². The molecule has 0 saturated carbocycles. The van der Waals surface area contributed by atoms with Gasteiger partial charge in [0.2, 0.25) is 0 Å². The second-order valence-electron chi connectivity index (χ2n) is 4.69. The molecule has 0 saturated heterocycles. The highest BCUT2D eigenvalue weighted by Crippen LogP contribution is 2.33. The molecular weight excluding hydrogens is 363 g/mol. The maximum Gasteiger partial charge on any atom is 0.576 e. The van der Waals surface area contributed by atoms with Gasteiger partial charge in [-0.05, 0) is 36.4 Å². The molecule has 0 spiro atoms. The van der Waals surface area contributed by atoms with E-state index in [9.17, 15) is 35.1 Å². The molecule has 2 rings (SSSR count). The van der Waals surface area contributed by atoms with Crippen LogP contribution in [0.1, 0.15) is 11.1 Å². The number of benzene rings is 2. The highest BCUT2D eigenvalue weighted by Gasteiger charge is 2.32. The second kappa shape index (κ2) is 6.81. The van der Waals surface area contributed by atoms with Gasteiger partial charge >= 0.3 is 20.0 Å². The molecule has 0 aliphatic carbocycles. The average Bonchev–Trinajstić information content (AvgIpc) is 2.48. The van der Waals surface area contributed by atoms with Crippen LogP contribution in [0.3, 0.4) is 0 Å². The Hall–Kier alpha value is -2.46. The molecule has 25 heavy (non-hydrogen) atoms. The van der Waals surface area contributed by atoms with Gasteiger partial charge in [0.15, 0.2) is 11.6 Å². The molecule has 0 aliphatic rings. The van der Waals surface area contributed by atoms with E-state index in [1.165, 1.54) is 0 Å². The molecule has 2 aromatic carbocycles. The number of hydrogen-bond acceptors (Lipinski definition) is 2. The molecule has 2 aromatic rings. The van der Waals surface area contributed by atoms with Gasteiger partial charge < -0.3 is 9.31 Å². The van der Waals surface area contributed by atoms with Crippen molar-refractivity contribution in [2.24, 2.45) is 0 Å². The van der Waals surface area contributed by atoms with Crippen LogP contribution in [0.25, 0.3) is 0 Å². The van der Waals surface area contributed by atoms with Crippen molar-refractivity contribution in [1.82, 2.24) is 0 Å². The van der Waals surface area contributed by atoms with Crippen molar-refractivity contribution in [3.05, 3.63) is 59.2 Å². The summed E-state index contributed by atoms with van der Waals surface area (Å²) >= 11 is 0. The smallest absolute Gasteiger partial charge is 0.526 e. The zero-order valence-electron chi connectivity index (χ0n) is 12.0. The summed E-state index contributed by atoms with van der Waals surface area (Å²) in [6.07, 6.45) is -9.47. The maximum atomic E-state index is 13.5. The summed E-state index contributed by atoms with van der Waals surface area (Å²) in [6, 6.07) is 2.94. The third-order valence-electron chi connectivity index (χ3n) is 2.95. The third kappa shape index (κ3) is 4.77. The Bertz CT molecular complexity index is 694. The zero-order valence-corrected chi connectivity index (χ0v) is 12.0. The first-order valence-corrected chi connectivity index (χ1v) is 6.47. The highest BCUT2D eigenvalue weighted by atomic mass is 19.4. The van der Waals surface area contributed by atoms with Gasteiger partial charge in [0.05, 0.1) is 11.1 Å². The third-order valence-corrected chi connectivity index (χ3v) is 2.95. The normalized spacial score (nSPS) is 12.0. The minimum absolute atomic E-state index is 0.202. The molecule has 0 atom stereocenters. The molecule has 134 valence electrons. The summed E-state index contributed by atoms with van der Waals surface area (Å²) in [5, 5.41) is 0. The van der Waals surface area contributed by atoms with Crippen molar-refractivity contribution in [2.45, 2.75) is 12.4 Å². The van der Waals surface area contributed by atoms with E-state index in [1.54, 1.807) is 0 Å². The fraction of sp³-hybridized carbons (Fsp3) is 0.143. The van der Waals surface area contributed by atoms with E-state index in [4.69, 9.17) is 9.31 Å². The summed E-state index contributed by atoms with van der Waals surface area (Å²) in [7, 11) is -0.829. The van der Waals surface area contributed by atoms with Crippen LogP contribution in [0.2, 0.25) is 0 Å². The molecule has 0 N–H and O–H groups in total. The van der Waals surface area contributed by atoms with Crippen molar-refractivity contribution in [1.29, 1.82) is 0 Å². The van der Waals surface area contributed by atoms with E-state index in [1.807, 2.05) is 0 Å². The van der Waals surface area contributed by atoms with Gasteiger partial charge in [-0.3, -0.25) is 0 Å². The summed E-state index contributed by atoms with van der Waals surface area (Å²) in [4.78, 5) is 0. The zero-order chi connectivity index (χ0) is 18.8. The van der Waals surface area contributed by atoms with E-state index in [0.29, 0.717) is 24.3 Å². The second-order valence-corrected chi connectivity index (χ2v) is 4.69. The Labute approximate surface area is 136 Å². The Balaban J connectivity index is 2.02. The lowest BCUT2D eigenvalue weighted by Crippen LogP contribution is -2.14. The first-order chi connectivity index (χ1) is 11.5. The van der Waals surface area contributed by atoms with E-state index in [-0.39, 0.29) is 12.1 Å². The van der Waals surface area contributed by atoms with Gasteiger partial charge in [0.25, 0.3) is 0 Å². The van der Waals surface area contributed by atoms with Gasteiger partial charge in [-0.1, -0.05) is 0 Å². The average molecular weight is 370 g/mol. The molecule has 0 bridgehead atoms. The van der Waals surface area contributed by atoms with Crippen LogP contribution in [-0.2, 0) is 12.4 Å². The van der Waals surface area contributed by atoms with Gasteiger partial charge in [0, 0.05) is 0 Å². The SMILES string of the molecule is Fc1cc(C(F)(F)F)ccc1OBOc1ccc(C(F)(F)F)cc1F. The molecule has 0 radical (unpaired) electrons. The maximum absolute atomic E-state index is 13.5. The Kier molecular flexibility index (Phi) is 5.14. The van der Waals surface area contributed by atoms with Crippen LogP contribution in [-0.4, -0.2) is 7.69 Å². The van der Waals surface area contributed by atoms with Crippen LogP contribution >= 0.6 is 0 Å². The van der Waals surface area contributed by atoms with Crippen LogP contribution in [0.5, 0.6) is 11.5 Å². The molecule has 0 aliphatic heterocycles. The van der Waals surface area contributed by atoms with Crippen LogP contribution in [0.15, 0.2) is 36.4 Å². The number of rotatable bonds is 4. The molecule has 0 aromatic heterocycles. The first kappa shape index (κ1) is 18.9. The Morgan fingerprint density at radius 1 is 0.640 bits per heavy atom. The lowest BCUT2D eigenvalue weighted by Gasteiger charge is -2.12. The number of hydrogen-bond donors (Lipinski definition) is 0. The molecule has 0 heterocycles. The summed E-state index contributed by atoms with van der Waals surface area (Å²) in [6.45, 7) is 0. The van der Waals surface area contributed by atoms with Crippen LogP contribution in [0.4, 0.5) is 35.1 Å². The van der Waals surface area contributed by atoms with E-state index >= 15 is 0 Å². The molecule has 0 amide bonds. The lowest BCUT2D eigenvalue weighted by atomic mass is 10.2. The predicted molar refractivity (Wildman–Crippen MR) is 71.2 cm³/mol. The van der Waals surface area contributed by atoms with Crippen LogP contribution in [0, 0.1) is 11.6 Å². The molecule has 0 unspecified atom stereocenters. The Morgan fingerprint density at radius 3 is 1.28 bits per heavy atom. The van der Waals surface area contributed by atoms with Gasteiger partial charge in [0.1, 0.15) is 11.5 Å². The quantitative estimate of drug-likeness (QED) is 0.573. The van der Waals surface area contributed by atoms with Crippen molar-refractivity contribution in [3.8, 4) is 11.5 Å². The van der Waals surface area contributed by atoms with Crippen molar-refractivity contribution < 1.29 is 44.4 Å². The minimum atomic E-state index is -4.74. The van der Waals surface area contributed by atoms with Crippen molar-refractivity contribution >= 4 is 7.69 Å². The lowest BCUT2D eigenvalue weighted by molar-refractivity contribution is -0.138.